The minimum absolute atomic E-state index is 0.0490. The maximum Gasteiger partial charge on any atom is 0.254 e. The Kier molecular flexibility index (Phi) is 7.40. The Labute approximate surface area is 236 Å². The van der Waals surface area contributed by atoms with Gasteiger partial charge < -0.3 is 20.2 Å². The molecule has 1 atom stereocenters. The van der Waals surface area contributed by atoms with Crippen LogP contribution in [0.15, 0.2) is 42.5 Å². The summed E-state index contributed by atoms with van der Waals surface area (Å²) in [5.41, 5.74) is 5.00. The van der Waals surface area contributed by atoms with Gasteiger partial charge >= 0.3 is 0 Å². The number of hydrogen-bond donors (Lipinski definition) is 2. The molecule has 8 nitrogen and oxygen atoms in total. The molecule has 0 bridgehead atoms. The first-order chi connectivity index (χ1) is 19.3. The van der Waals surface area contributed by atoms with Gasteiger partial charge in [0.2, 0.25) is 11.8 Å². The van der Waals surface area contributed by atoms with Crippen LogP contribution >= 0.6 is 0 Å². The zero-order valence-corrected chi connectivity index (χ0v) is 23.4. The summed E-state index contributed by atoms with van der Waals surface area (Å²) in [4.78, 5) is 44.3. The Hall–Kier alpha value is -3.23. The van der Waals surface area contributed by atoms with E-state index in [0.29, 0.717) is 56.8 Å². The van der Waals surface area contributed by atoms with E-state index in [2.05, 4.69) is 34.5 Å². The van der Waals surface area contributed by atoms with E-state index in [9.17, 15) is 19.5 Å². The van der Waals surface area contributed by atoms with Crippen LogP contribution in [0.4, 0.5) is 5.69 Å². The van der Waals surface area contributed by atoms with Gasteiger partial charge in [0.05, 0.1) is 6.10 Å². The van der Waals surface area contributed by atoms with Crippen LogP contribution < -0.4 is 5.32 Å². The number of carbonyl (C=O) groups is 3. The van der Waals surface area contributed by atoms with Crippen molar-refractivity contribution in [1.29, 1.82) is 0 Å². The van der Waals surface area contributed by atoms with E-state index in [-0.39, 0.29) is 29.1 Å². The minimum atomic E-state index is -0.628. The molecule has 3 aliphatic heterocycles. The number of piperidine rings is 1. The van der Waals surface area contributed by atoms with Crippen LogP contribution in [-0.2, 0) is 28.0 Å². The summed E-state index contributed by atoms with van der Waals surface area (Å²) in [6.45, 7) is 5.98. The van der Waals surface area contributed by atoms with Crippen molar-refractivity contribution in [3.05, 3.63) is 64.7 Å². The Morgan fingerprint density at radius 3 is 2.50 bits per heavy atom. The van der Waals surface area contributed by atoms with E-state index in [1.807, 2.05) is 23.1 Å². The highest BCUT2D eigenvalue weighted by Gasteiger charge is 2.47. The quantitative estimate of drug-likeness (QED) is 0.583. The molecule has 1 aliphatic carbocycles. The molecule has 2 N–H and O–H groups in total. The van der Waals surface area contributed by atoms with Gasteiger partial charge in [0, 0.05) is 75.3 Å². The lowest BCUT2D eigenvalue weighted by molar-refractivity contribution is -0.132. The molecule has 2 aromatic carbocycles. The topological polar surface area (TPSA) is 93.2 Å². The molecular weight excluding hydrogens is 504 g/mol. The molecule has 1 saturated heterocycles. The minimum Gasteiger partial charge on any atom is -0.390 e. The normalized spacial score (nSPS) is 21.4. The lowest BCUT2D eigenvalue weighted by atomic mass is 9.61. The summed E-state index contributed by atoms with van der Waals surface area (Å²) < 4.78 is 0. The first kappa shape index (κ1) is 27.0. The highest BCUT2D eigenvalue weighted by Crippen LogP contribution is 2.48. The van der Waals surface area contributed by atoms with Gasteiger partial charge in [-0.1, -0.05) is 36.8 Å². The number of rotatable bonds is 6. The van der Waals surface area contributed by atoms with Crippen LogP contribution in [0.1, 0.15) is 66.1 Å². The third-order valence-electron chi connectivity index (χ3n) is 9.60. The van der Waals surface area contributed by atoms with Crippen molar-refractivity contribution in [3.63, 3.8) is 0 Å². The van der Waals surface area contributed by atoms with Gasteiger partial charge in [-0.25, -0.2) is 0 Å². The number of nitrogens with zero attached hydrogens (tertiary/aromatic N) is 3. The van der Waals surface area contributed by atoms with Crippen molar-refractivity contribution < 1.29 is 19.5 Å². The van der Waals surface area contributed by atoms with Gasteiger partial charge in [0.1, 0.15) is 0 Å². The van der Waals surface area contributed by atoms with Gasteiger partial charge in [-0.05, 0) is 60.9 Å². The van der Waals surface area contributed by atoms with Gasteiger partial charge in [-0.3, -0.25) is 19.3 Å². The highest BCUT2D eigenvalue weighted by molar-refractivity contribution is 6.00. The van der Waals surface area contributed by atoms with Crippen LogP contribution in [0.25, 0.3) is 0 Å². The number of aliphatic hydroxyl groups excluding tert-OH is 1. The van der Waals surface area contributed by atoms with E-state index in [4.69, 9.17) is 0 Å². The molecule has 1 saturated carbocycles. The van der Waals surface area contributed by atoms with E-state index < -0.39 is 6.10 Å². The van der Waals surface area contributed by atoms with E-state index in [1.165, 1.54) is 11.1 Å². The lowest BCUT2D eigenvalue weighted by Crippen LogP contribution is -2.55. The van der Waals surface area contributed by atoms with E-state index in [1.54, 1.807) is 11.8 Å². The fourth-order valence-corrected chi connectivity index (χ4v) is 7.15. The van der Waals surface area contributed by atoms with Crippen molar-refractivity contribution in [2.75, 3.05) is 44.6 Å². The number of anilines is 1. The fourth-order valence-electron chi connectivity index (χ4n) is 7.15. The fraction of sp³-hybridized carbons (Fsp3) is 0.531. The molecule has 2 aromatic rings. The molecule has 8 heteroatoms. The average Bonchev–Trinajstić information content (AvgIpc) is 2.93. The standard InChI is InChI=1S/C32H40N4O4/c1-22(37)35-15-10-24(11-16-35)30(39)33-26-7-8-29-28(17-26)31(40)36(21-32(29)12-4-13-32)20-27(38)19-34-14-9-23-5-2-3-6-25(23)18-34/h2-3,5-8,17,24,27,38H,4,9-16,18-21H2,1H3,(H,33,39). The van der Waals surface area contributed by atoms with Crippen molar-refractivity contribution in [1.82, 2.24) is 14.7 Å². The number of benzene rings is 2. The number of fused-ring (bicyclic) bond motifs is 3. The van der Waals surface area contributed by atoms with E-state index >= 15 is 0 Å². The van der Waals surface area contributed by atoms with Crippen LogP contribution in [0.3, 0.4) is 0 Å². The monoisotopic (exact) mass is 544 g/mol. The highest BCUT2D eigenvalue weighted by atomic mass is 16.3. The SMILES string of the molecule is CC(=O)N1CCC(C(=O)Nc2ccc3c(c2)C(=O)N(CC(O)CN2CCc4ccccc4C2)CC32CCC2)CC1. The second kappa shape index (κ2) is 11.0. The van der Waals surface area contributed by atoms with E-state index in [0.717, 1.165) is 44.3 Å². The largest absolute Gasteiger partial charge is 0.390 e. The molecule has 3 amide bonds. The molecule has 6 rings (SSSR count). The molecule has 212 valence electrons. The third kappa shape index (κ3) is 5.27. The summed E-state index contributed by atoms with van der Waals surface area (Å²) in [5, 5.41) is 14.1. The van der Waals surface area contributed by atoms with Gasteiger partial charge in [0.25, 0.3) is 5.91 Å². The number of amides is 3. The van der Waals surface area contributed by atoms with Gasteiger partial charge in [0.15, 0.2) is 0 Å². The van der Waals surface area contributed by atoms with Crippen LogP contribution in [0.5, 0.6) is 0 Å². The molecule has 1 spiro atoms. The molecule has 3 heterocycles. The lowest BCUT2D eigenvalue weighted by Gasteiger charge is -2.50. The maximum atomic E-state index is 13.7. The molecule has 2 fully saturated rings. The molecule has 40 heavy (non-hydrogen) atoms. The van der Waals surface area contributed by atoms with Crippen LogP contribution in [0, 0.1) is 5.92 Å². The zero-order chi connectivity index (χ0) is 27.9. The summed E-state index contributed by atoms with van der Waals surface area (Å²) >= 11 is 0. The molecule has 1 unspecified atom stereocenters. The predicted octanol–water partition coefficient (Wildman–Crippen LogP) is 3.18. The second-order valence-corrected chi connectivity index (χ2v) is 12.3. The predicted molar refractivity (Wildman–Crippen MR) is 153 cm³/mol. The maximum absolute atomic E-state index is 13.7. The Bertz CT molecular complexity index is 1300. The van der Waals surface area contributed by atoms with Crippen LogP contribution in [0.2, 0.25) is 0 Å². The summed E-state index contributed by atoms with van der Waals surface area (Å²) in [5.74, 6) is -0.219. The Morgan fingerprint density at radius 2 is 1.80 bits per heavy atom. The number of nitrogens with one attached hydrogen (secondary N) is 1. The Balaban J connectivity index is 1.12. The van der Waals surface area contributed by atoms with Crippen molar-refractivity contribution in [3.8, 4) is 0 Å². The number of likely N-dealkylation sites (tertiary alicyclic amines) is 1. The number of aliphatic hydroxyl groups is 1. The first-order valence-electron chi connectivity index (χ1n) is 14.8. The number of carbonyl (C=O) groups excluding carboxylic acids is 3. The molecule has 0 radical (unpaired) electrons. The molecular formula is C32H40N4O4. The number of β-amino-alcohol motifs (C(OH)–C–C–N with tert-alkyl or cyclic N) is 1. The number of hydrogen-bond acceptors (Lipinski definition) is 5. The molecule has 0 aromatic heterocycles. The van der Waals surface area contributed by atoms with Crippen LogP contribution in [-0.4, -0.2) is 82.9 Å². The molecule has 4 aliphatic rings. The van der Waals surface area contributed by atoms with Gasteiger partial charge in [-0.15, -0.1) is 0 Å². The first-order valence-corrected chi connectivity index (χ1v) is 14.8. The average molecular weight is 545 g/mol. The summed E-state index contributed by atoms with van der Waals surface area (Å²) in [6.07, 6.45) is 4.84. The third-order valence-corrected chi connectivity index (χ3v) is 9.60. The van der Waals surface area contributed by atoms with Crippen molar-refractivity contribution in [2.24, 2.45) is 5.92 Å². The van der Waals surface area contributed by atoms with Crippen molar-refractivity contribution >= 4 is 23.4 Å². The van der Waals surface area contributed by atoms with Crippen molar-refractivity contribution in [2.45, 2.75) is 63.5 Å². The Morgan fingerprint density at radius 1 is 1.05 bits per heavy atom. The smallest absolute Gasteiger partial charge is 0.254 e. The van der Waals surface area contributed by atoms with Gasteiger partial charge in [-0.2, -0.15) is 0 Å². The summed E-state index contributed by atoms with van der Waals surface area (Å²) in [7, 11) is 0. The summed E-state index contributed by atoms with van der Waals surface area (Å²) in [6, 6.07) is 14.3. The second-order valence-electron chi connectivity index (χ2n) is 12.3. The zero-order valence-electron chi connectivity index (χ0n) is 23.4.